The van der Waals surface area contributed by atoms with E-state index in [2.05, 4.69) is 4.98 Å². The molecule has 1 aliphatic heterocycles. The maximum Gasteiger partial charge on any atom is 0.406 e. The first kappa shape index (κ1) is 19.9. The zero-order valence-corrected chi connectivity index (χ0v) is 17.0. The number of benzene rings is 2. The SMILES string of the molecule is Cc1ccc(OCC(=O)N2c3ccccc3SCC2c2ccccc2)c([N+](=O)[O-])n1. The number of fused-ring (bicyclic) bond motifs is 1. The van der Waals surface area contributed by atoms with Gasteiger partial charge in [0, 0.05) is 17.6 Å². The average molecular weight is 421 g/mol. The van der Waals surface area contributed by atoms with Crippen LogP contribution in [0.4, 0.5) is 11.5 Å². The van der Waals surface area contributed by atoms with Gasteiger partial charge in [-0.2, -0.15) is 0 Å². The molecule has 3 aromatic rings. The molecule has 2 aromatic carbocycles. The predicted octanol–water partition coefficient (Wildman–Crippen LogP) is 4.56. The van der Waals surface area contributed by atoms with Crippen molar-refractivity contribution in [2.45, 2.75) is 17.9 Å². The van der Waals surface area contributed by atoms with Crippen molar-refractivity contribution in [3.8, 4) is 5.75 Å². The van der Waals surface area contributed by atoms with Crippen molar-refractivity contribution >= 4 is 29.2 Å². The van der Waals surface area contributed by atoms with Crippen molar-refractivity contribution in [1.29, 1.82) is 0 Å². The second-order valence-electron chi connectivity index (χ2n) is 6.79. The van der Waals surface area contributed by atoms with Gasteiger partial charge in [-0.05, 0) is 39.7 Å². The van der Waals surface area contributed by atoms with Crippen LogP contribution in [0, 0.1) is 17.0 Å². The summed E-state index contributed by atoms with van der Waals surface area (Å²) >= 11 is 1.70. The Morgan fingerprint density at radius 2 is 1.90 bits per heavy atom. The van der Waals surface area contributed by atoms with Gasteiger partial charge in [-0.15, -0.1) is 11.8 Å². The summed E-state index contributed by atoms with van der Waals surface area (Å²) in [5.41, 5.74) is 2.34. The van der Waals surface area contributed by atoms with Crippen LogP contribution in [-0.2, 0) is 4.79 Å². The monoisotopic (exact) mass is 421 g/mol. The minimum absolute atomic E-state index is 0.0186. The molecule has 0 saturated carbocycles. The van der Waals surface area contributed by atoms with Gasteiger partial charge in [0.25, 0.3) is 5.91 Å². The van der Waals surface area contributed by atoms with Crippen LogP contribution in [0.25, 0.3) is 0 Å². The van der Waals surface area contributed by atoms with E-state index >= 15 is 0 Å². The molecular weight excluding hydrogens is 402 g/mol. The number of rotatable bonds is 5. The highest BCUT2D eigenvalue weighted by atomic mass is 32.2. The molecular formula is C22H19N3O4S. The van der Waals surface area contributed by atoms with E-state index in [9.17, 15) is 14.9 Å². The number of anilines is 1. The van der Waals surface area contributed by atoms with Crippen molar-refractivity contribution in [2.24, 2.45) is 0 Å². The number of nitro groups is 1. The number of amides is 1. The molecule has 1 aromatic heterocycles. The number of hydrogen-bond donors (Lipinski definition) is 0. The number of para-hydroxylation sites is 1. The van der Waals surface area contributed by atoms with Gasteiger partial charge in [0.05, 0.1) is 11.7 Å². The standard InChI is InChI=1S/C22H19N3O4S/c1-15-11-12-19(22(23-15)25(27)28)29-13-21(26)24-17-9-5-6-10-20(17)30-14-18(24)16-7-3-2-4-8-16/h2-12,18H,13-14H2,1H3. The quantitative estimate of drug-likeness (QED) is 0.444. The zero-order valence-electron chi connectivity index (χ0n) is 16.2. The van der Waals surface area contributed by atoms with Crippen LogP contribution >= 0.6 is 11.8 Å². The van der Waals surface area contributed by atoms with Crippen LogP contribution in [0.2, 0.25) is 0 Å². The fourth-order valence-electron chi connectivity index (χ4n) is 3.40. The highest BCUT2D eigenvalue weighted by molar-refractivity contribution is 7.99. The Hall–Kier alpha value is -3.39. The Kier molecular flexibility index (Phi) is 5.67. The number of thioether (sulfide) groups is 1. The summed E-state index contributed by atoms with van der Waals surface area (Å²) in [4.78, 5) is 30.6. The molecule has 0 fully saturated rings. The molecule has 152 valence electrons. The molecule has 0 aliphatic carbocycles. The third-order valence-corrected chi connectivity index (χ3v) is 5.93. The minimum atomic E-state index is -0.605. The third kappa shape index (κ3) is 3.99. The summed E-state index contributed by atoms with van der Waals surface area (Å²) < 4.78 is 5.57. The molecule has 0 radical (unpaired) electrons. The van der Waals surface area contributed by atoms with E-state index in [4.69, 9.17) is 4.74 Å². The van der Waals surface area contributed by atoms with Crippen molar-refractivity contribution < 1.29 is 14.5 Å². The van der Waals surface area contributed by atoms with E-state index in [0.29, 0.717) is 11.4 Å². The van der Waals surface area contributed by atoms with Gasteiger partial charge < -0.3 is 14.9 Å². The van der Waals surface area contributed by atoms with Crippen LogP contribution in [0.1, 0.15) is 17.3 Å². The van der Waals surface area contributed by atoms with Crippen molar-refractivity contribution in [1.82, 2.24) is 4.98 Å². The molecule has 0 saturated heterocycles. The third-order valence-electron chi connectivity index (χ3n) is 4.79. The number of aromatic nitrogens is 1. The molecule has 8 heteroatoms. The predicted molar refractivity (Wildman–Crippen MR) is 115 cm³/mol. The van der Waals surface area contributed by atoms with Gasteiger partial charge in [0.1, 0.15) is 5.69 Å². The van der Waals surface area contributed by atoms with Crippen molar-refractivity contribution in [3.63, 3.8) is 0 Å². The van der Waals surface area contributed by atoms with Gasteiger partial charge in [0.15, 0.2) is 6.61 Å². The van der Waals surface area contributed by atoms with E-state index in [1.165, 1.54) is 6.07 Å². The fraction of sp³-hybridized carbons (Fsp3) is 0.182. The number of hydrogen-bond acceptors (Lipinski definition) is 6. The maximum absolute atomic E-state index is 13.3. The molecule has 1 atom stereocenters. The lowest BCUT2D eigenvalue weighted by molar-refractivity contribution is -0.390. The van der Waals surface area contributed by atoms with Gasteiger partial charge in [0.2, 0.25) is 5.75 Å². The Balaban J connectivity index is 1.63. The summed E-state index contributed by atoms with van der Waals surface area (Å²) in [6.07, 6.45) is 0. The van der Waals surface area contributed by atoms with E-state index in [1.807, 2.05) is 54.6 Å². The van der Waals surface area contributed by atoms with Crippen LogP contribution in [0.15, 0.2) is 71.6 Å². The average Bonchev–Trinajstić information content (AvgIpc) is 2.77. The molecule has 7 nitrogen and oxygen atoms in total. The number of pyridine rings is 1. The van der Waals surface area contributed by atoms with Gasteiger partial charge >= 0.3 is 5.82 Å². The smallest absolute Gasteiger partial charge is 0.406 e. The van der Waals surface area contributed by atoms with Gasteiger partial charge in [-0.3, -0.25) is 9.69 Å². The lowest BCUT2D eigenvalue weighted by atomic mass is 10.1. The Morgan fingerprint density at radius 3 is 2.67 bits per heavy atom. The molecule has 1 unspecified atom stereocenters. The topological polar surface area (TPSA) is 85.6 Å². The normalized spacial score (nSPS) is 15.4. The Bertz CT molecular complexity index is 1090. The summed E-state index contributed by atoms with van der Waals surface area (Å²) in [6.45, 7) is 1.34. The first-order valence-electron chi connectivity index (χ1n) is 9.38. The summed E-state index contributed by atoms with van der Waals surface area (Å²) in [6, 6.07) is 20.5. The fourth-order valence-corrected chi connectivity index (χ4v) is 4.57. The molecule has 4 rings (SSSR count). The molecule has 1 amide bonds. The number of aryl methyl sites for hydroxylation is 1. The molecule has 0 bridgehead atoms. The summed E-state index contributed by atoms with van der Waals surface area (Å²) in [5.74, 6) is 0.0253. The van der Waals surface area contributed by atoms with Crippen LogP contribution in [-0.4, -0.2) is 28.2 Å². The van der Waals surface area contributed by atoms with Crippen LogP contribution in [0.3, 0.4) is 0 Å². The van der Waals surface area contributed by atoms with E-state index < -0.39 is 10.7 Å². The lowest BCUT2D eigenvalue weighted by Crippen LogP contribution is -2.41. The largest absolute Gasteiger partial charge is 0.476 e. The second-order valence-corrected chi connectivity index (χ2v) is 7.85. The molecule has 30 heavy (non-hydrogen) atoms. The number of carbonyl (C=O) groups excluding carboxylic acids is 1. The molecule has 2 heterocycles. The highest BCUT2D eigenvalue weighted by Gasteiger charge is 2.33. The number of nitrogens with zero attached hydrogens (tertiary/aromatic N) is 3. The number of ether oxygens (including phenoxy) is 1. The lowest BCUT2D eigenvalue weighted by Gasteiger charge is -2.37. The Labute approximate surface area is 177 Å². The van der Waals surface area contributed by atoms with Gasteiger partial charge in [-0.1, -0.05) is 42.5 Å². The maximum atomic E-state index is 13.3. The van der Waals surface area contributed by atoms with Crippen molar-refractivity contribution in [2.75, 3.05) is 17.3 Å². The molecule has 1 aliphatic rings. The van der Waals surface area contributed by atoms with Gasteiger partial charge in [-0.25, -0.2) is 0 Å². The zero-order chi connectivity index (χ0) is 21.1. The van der Waals surface area contributed by atoms with Crippen LogP contribution in [0.5, 0.6) is 5.75 Å². The highest BCUT2D eigenvalue weighted by Crippen LogP contribution is 2.43. The summed E-state index contributed by atoms with van der Waals surface area (Å²) in [5, 5.41) is 11.3. The van der Waals surface area contributed by atoms with Crippen molar-refractivity contribution in [3.05, 3.63) is 88.1 Å². The summed E-state index contributed by atoms with van der Waals surface area (Å²) in [7, 11) is 0. The van der Waals surface area contributed by atoms with E-state index in [1.54, 1.807) is 29.7 Å². The van der Waals surface area contributed by atoms with Crippen LogP contribution < -0.4 is 9.64 Å². The van der Waals surface area contributed by atoms with E-state index in [0.717, 1.165) is 16.1 Å². The van der Waals surface area contributed by atoms with E-state index in [-0.39, 0.29) is 24.3 Å². The first-order chi connectivity index (χ1) is 14.5. The second kappa shape index (κ2) is 8.54. The Morgan fingerprint density at radius 1 is 1.17 bits per heavy atom. The number of carbonyl (C=O) groups is 1. The molecule has 0 N–H and O–H groups in total. The minimum Gasteiger partial charge on any atom is -0.476 e. The molecule has 0 spiro atoms. The first-order valence-corrected chi connectivity index (χ1v) is 10.4.